The molecule has 110 valence electrons. The Morgan fingerprint density at radius 2 is 2.00 bits per heavy atom. The normalized spacial score (nSPS) is 10.5. The number of thiocarbonyl (C=S) groups is 1. The van der Waals surface area contributed by atoms with Crippen LogP contribution in [0.2, 0.25) is 0 Å². The van der Waals surface area contributed by atoms with E-state index in [1.807, 2.05) is 30.3 Å². The Labute approximate surface area is 128 Å². The van der Waals surface area contributed by atoms with Crippen LogP contribution in [0.3, 0.4) is 0 Å². The van der Waals surface area contributed by atoms with E-state index in [4.69, 9.17) is 23.7 Å². The van der Waals surface area contributed by atoms with Gasteiger partial charge in [0.2, 0.25) is 5.91 Å². The molecule has 0 spiro atoms. The number of para-hydroxylation sites is 1. The van der Waals surface area contributed by atoms with E-state index < -0.39 is 0 Å². The highest BCUT2D eigenvalue weighted by Crippen LogP contribution is 2.20. The van der Waals surface area contributed by atoms with Gasteiger partial charge in [-0.2, -0.15) is 0 Å². The van der Waals surface area contributed by atoms with Gasteiger partial charge in [-0.25, -0.2) is 4.98 Å². The van der Waals surface area contributed by atoms with E-state index >= 15 is 0 Å². The fourth-order valence-corrected chi connectivity index (χ4v) is 2.23. The van der Waals surface area contributed by atoms with Crippen LogP contribution in [-0.2, 0) is 4.79 Å². The molecule has 1 aromatic heterocycles. The minimum Gasteiger partial charge on any atom is -0.389 e. The maximum absolute atomic E-state index is 10.7. The number of aromatic nitrogens is 1. The highest BCUT2D eigenvalue weighted by molar-refractivity contribution is 7.80. The summed E-state index contributed by atoms with van der Waals surface area (Å²) in [7, 11) is 0. The Morgan fingerprint density at radius 3 is 2.71 bits per heavy atom. The number of nitrogens with two attached hydrogens (primary N) is 2. The van der Waals surface area contributed by atoms with Crippen LogP contribution in [0.5, 0.6) is 0 Å². The monoisotopic (exact) mass is 302 g/mol. The number of pyridine rings is 1. The maximum Gasteiger partial charge on any atom is 0.217 e. The predicted octanol–water partition coefficient (Wildman–Crippen LogP) is 1.94. The zero-order valence-electron chi connectivity index (χ0n) is 11.6. The smallest absolute Gasteiger partial charge is 0.217 e. The van der Waals surface area contributed by atoms with Gasteiger partial charge in [0.25, 0.3) is 0 Å². The first-order chi connectivity index (χ1) is 10.1. The molecule has 0 atom stereocenters. The molecule has 1 amide bonds. The van der Waals surface area contributed by atoms with Gasteiger partial charge in [-0.15, -0.1) is 0 Å². The van der Waals surface area contributed by atoms with Crippen molar-refractivity contribution in [1.29, 1.82) is 0 Å². The summed E-state index contributed by atoms with van der Waals surface area (Å²) in [6, 6.07) is 9.74. The number of hydrogen-bond donors (Lipinski definition) is 3. The van der Waals surface area contributed by atoms with Crippen LogP contribution in [0.25, 0.3) is 10.9 Å². The van der Waals surface area contributed by atoms with Crippen LogP contribution in [0, 0.1) is 0 Å². The van der Waals surface area contributed by atoms with Crippen molar-refractivity contribution in [3.8, 4) is 0 Å². The molecular weight excluding hydrogens is 284 g/mol. The number of fused-ring (bicyclic) bond motifs is 1. The topological polar surface area (TPSA) is 94.0 Å². The van der Waals surface area contributed by atoms with Crippen LogP contribution in [0.15, 0.2) is 30.3 Å². The first-order valence-corrected chi connectivity index (χ1v) is 7.20. The Balaban J connectivity index is 2.11. The molecule has 0 saturated carbocycles. The molecule has 6 heteroatoms. The molecule has 5 N–H and O–H groups in total. The number of rotatable bonds is 7. The highest BCUT2D eigenvalue weighted by atomic mass is 32.1. The van der Waals surface area contributed by atoms with Gasteiger partial charge in [-0.1, -0.05) is 30.4 Å². The molecule has 0 aliphatic heterocycles. The van der Waals surface area contributed by atoms with Crippen molar-refractivity contribution < 1.29 is 4.79 Å². The van der Waals surface area contributed by atoms with Gasteiger partial charge in [0.1, 0.15) is 10.8 Å². The summed E-state index contributed by atoms with van der Waals surface area (Å²) < 4.78 is 0. The van der Waals surface area contributed by atoms with Gasteiger partial charge in [-0.3, -0.25) is 4.79 Å². The lowest BCUT2D eigenvalue weighted by atomic mass is 10.1. The summed E-state index contributed by atoms with van der Waals surface area (Å²) >= 11 is 5.08. The van der Waals surface area contributed by atoms with E-state index in [1.165, 1.54) is 0 Å². The van der Waals surface area contributed by atoms with Crippen molar-refractivity contribution in [1.82, 2.24) is 4.98 Å². The second-order valence-corrected chi connectivity index (χ2v) is 5.23. The third kappa shape index (κ3) is 4.13. The Hall–Kier alpha value is -2.21. The molecular formula is C15H18N4OS. The molecule has 0 radical (unpaired) electrons. The average Bonchev–Trinajstić information content (AvgIpc) is 2.45. The number of unbranched alkanes of at least 4 members (excludes halogenated alkanes) is 1. The van der Waals surface area contributed by atoms with Gasteiger partial charge in [0.05, 0.1) is 11.1 Å². The average molecular weight is 302 g/mol. The Bertz CT molecular complexity index is 672. The van der Waals surface area contributed by atoms with Crippen molar-refractivity contribution in [2.75, 3.05) is 11.9 Å². The number of carbonyl (C=O) groups is 1. The van der Waals surface area contributed by atoms with Crippen LogP contribution in [0.4, 0.5) is 5.82 Å². The number of anilines is 1. The van der Waals surface area contributed by atoms with E-state index in [1.54, 1.807) is 0 Å². The van der Waals surface area contributed by atoms with E-state index in [9.17, 15) is 4.79 Å². The summed E-state index contributed by atoms with van der Waals surface area (Å²) in [5, 5.41) is 4.23. The van der Waals surface area contributed by atoms with Crippen LogP contribution >= 0.6 is 12.2 Å². The van der Waals surface area contributed by atoms with Crippen LogP contribution in [0.1, 0.15) is 24.8 Å². The molecule has 1 heterocycles. The minimum atomic E-state index is -0.275. The summed E-state index contributed by atoms with van der Waals surface area (Å²) in [5.41, 5.74) is 12.5. The van der Waals surface area contributed by atoms with Crippen LogP contribution in [-0.4, -0.2) is 22.4 Å². The second-order valence-electron chi connectivity index (χ2n) is 4.79. The molecule has 2 rings (SSSR count). The second kappa shape index (κ2) is 6.99. The highest BCUT2D eigenvalue weighted by Gasteiger charge is 2.08. The zero-order valence-corrected chi connectivity index (χ0v) is 12.5. The molecule has 0 fully saturated rings. The number of nitrogens with one attached hydrogen (secondary N) is 1. The van der Waals surface area contributed by atoms with Gasteiger partial charge in [-0.05, 0) is 25.0 Å². The molecule has 0 aliphatic rings. The molecule has 0 bridgehead atoms. The van der Waals surface area contributed by atoms with E-state index in [2.05, 4.69) is 10.3 Å². The number of nitrogens with zero attached hydrogens (tertiary/aromatic N) is 1. The van der Waals surface area contributed by atoms with Gasteiger partial charge in [0, 0.05) is 18.4 Å². The lowest BCUT2D eigenvalue weighted by Gasteiger charge is -2.11. The number of primary amides is 1. The van der Waals surface area contributed by atoms with Crippen molar-refractivity contribution >= 4 is 39.8 Å². The number of carbonyl (C=O) groups excluding carboxylic acids is 1. The van der Waals surface area contributed by atoms with Crippen molar-refractivity contribution in [2.24, 2.45) is 11.5 Å². The number of hydrogen-bond acceptors (Lipinski definition) is 4. The third-order valence-electron chi connectivity index (χ3n) is 3.13. The fraction of sp³-hybridized carbons (Fsp3) is 0.267. The SMILES string of the molecule is NC(=O)CCCCNc1nc2ccccc2cc1C(N)=S. The van der Waals surface area contributed by atoms with E-state index in [0.29, 0.717) is 23.8 Å². The van der Waals surface area contributed by atoms with Gasteiger partial charge in [0.15, 0.2) is 0 Å². The summed E-state index contributed by atoms with van der Waals surface area (Å²) in [6.45, 7) is 0.689. The lowest BCUT2D eigenvalue weighted by Crippen LogP contribution is -2.15. The molecule has 1 aromatic carbocycles. The quantitative estimate of drug-likeness (QED) is 0.537. The summed E-state index contributed by atoms with van der Waals surface area (Å²) in [4.78, 5) is 15.5. The van der Waals surface area contributed by atoms with Crippen molar-refractivity contribution in [3.63, 3.8) is 0 Å². The first kappa shape index (κ1) is 15.2. The molecule has 2 aromatic rings. The van der Waals surface area contributed by atoms with E-state index in [0.717, 1.165) is 29.3 Å². The summed E-state index contributed by atoms with van der Waals surface area (Å²) in [5.74, 6) is 0.405. The molecule has 5 nitrogen and oxygen atoms in total. The van der Waals surface area contributed by atoms with Gasteiger partial charge < -0.3 is 16.8 Å². The summed E-state index contributed by atoms with van der Waals surface area (Å²) in [6.07, 6.45) is 1.97. The molecule has 0 saturated heterocycles. The predicted molar refractivity (Wildman–Crippen MR) is 89.2 cm³/mol. The first-order valence-electron chi connectivity index (χ1n) is 6.79. The molecule has 21 heavy (non-hydrogen) atoms. The van der Waals surface area contributed by atoms with Gasteiger partial charge >= 0.3 is 0 Å². The standard InChI is InChI=1S/C15H18N4OS/c16-13(20)7-3-4-8-18-15-11(14(17)21)9-10-5-1-2-6-12(10)19-15/h1-2,5-6,9H,3-4,7-8H2,(H2,16,20)(H2,17,21)(H,18,19). The van der Waals surface area contributed by atoms with Crippen molar-refractivity contribution in [3.05, 3.63) is 35.9 Å². The Kier molecular flexibility index (Phi) is 5.05. The van der Waals surface area contributed by atoms with E-state index in [-0.39, 0.29) is 5.91 Å². The number of benzene rings is 1. The minimum absolute atomic E-state index is 0.275. The zero-order chi connectivity index (χ0) is 15.2. The van der Waals surface area contributed by atoms with Crippen LogP contribution < -0.4 is 16.8 Å². The molecule has 0 unspecified atom stereocenters. The largest absolute Gasteiger partial charge is 0.389 e. The third-order valence-corrected chi connectivity index (χ3v) is 3.35. The molecule has 0 aliphatic carbocycles. The maximum atomic E-state index is 10.7. The lowest BCUT2D eigenvalue weighted by molar-refractivity contribution is -0.118. The fourth-order valence-electron chi connectivity index (χ4n) is 2.07. The van der Waals surface area contributed by atoms with Crippen molar-refractivity contribution in [2.45, 2.75) is 19.3 Å². The Morgan fingerprint density at radius 1 is 1.24 bits per heavy atom. The number of amides is 1.